The molecule has 2 aromatic carbocycles. The zero-order chi connectivity index (χ0) is 16.4. The first kappa shape index (κ1) is 15.4. The molecule has 1 unspecified atom stereocenters. The first-order valence-corrected chi connectivity index (χ1v) is 9.05. The largest absolute Gasteiger partial charge is 0.493 e. The van der Waals surface area contributed by atoms with Gasteiger partial charge in [0, 0.05) is 41.2 Å². The average molecular weight is 336 g/mol. The second-order valence-electron chi connectivity index (χ2n) is 6.17. The Bertz CT molecular complexity index is 826. The summed E-state index contributed by atoms with van der Waals surface area (Å²) >= 11 is 1.76. The number of rotatable bonds is 5. The molecule has 1 aliphatic heterocycles. The summed E-state index contributed by atoms with van der Waals surface area (Å²) in [6, 6.07) is 16.9. The van der Waals surface area contributed by atoms with E-state index in [9.17, 15) is 0 Å². The third kappa shape index (κ3) is 3.21. The molecule has 0 spiro atoms. The Hall–Kier alpha value is -2.17. The van der Waals surface area contributed by atoms with Crippen molar-refractivity contribution in [3.8, 4) is 16.3 Å². The minimum Gasteiger partial charge on any atom is -0.493 e. The molecule has 0 radical (unpaired) electrons. The maximum absolute atomic E-state index is 5.74. The molecule has 1 atom stereocenters. The van der Waals surface area contributed by atoms with Gasteiger partial charge in [-0.05, 0) is 13.0 Å². The molecule has 0 fully saturated rings. The fourth-order valence-corrected chi connectivity index (χ4v) is 3.87. The van der Waals surface area contributed by atoms with Gasteiger partial charge in [0.1, 0.15) is 10.8 Å². The highest BCUT2D eigenvalue weighted by Crippen LogP contribution is 2.33. The Balaban J connectivity index is 1.35. The van der Waals surface area contributed by atoms with Crippen LogP contribution >= 0.6 is 11.3 Å². The molecular weight excluding hydrogens is 316 g/mol. The van der Waals surface area contributed by atoms with Crippen molar-refractivity contribution in [1.29, 1.82) is 0 Å². The van der Waals surface area contributed by atoms with Crippen LogP contribution in [0.15, 0.2) is 54.7 Å². The number of para-hydroxylation sites is 1. The molecule has 2 heterocycles. The van der Waals surface area contributed by atoms with Gasteiger partial charge in [0.15, 0.2) is 0 Å². The molecule has 4 heteroatoms. The Labute approximate surface area is 146 Å². The van der Waals surface area contributed by atoms with Crippen molar-refractivity contribution in [2.24, 2.45) is 0 Å². The Kier molecular flexibility index (Phi) is 4.32. The molecule has 3 aromatic rings. The van der Waals surface area contributed by atoms with Crippen LogP contribution in [0.5, 0.6) is 5.75 Å². The highest BCUT2D eigenvalue weighted by atomic mass is 32.1. The molecule has 1 N–H and O–H groups in total. The first-order valence-electron chi connectivity index (χ1n) is 8.24. The summed E-state index contributed by atoms with van der Waals surface area (Å²) in [5.41, 5.74) is 3.78. The van der Waals surface area contributed by atoms with Crippen LogP contribution in [0.2, 0.25) is 0 Å². The van der Waals surface area contributed by atoms with Gasteiger partial charge in [-0.2, -0.15) is 0 Å². The van der Waals surface area contributed by atoms with E-state index in [4.69, 9.17) is 4.74 Å². The van der Waals surface area contributed by atoms with E-state index in [1.54, 1.807) is 11.3 Å². The summed E-state index contributed by atoms with van der Waals surface area (Å²) in [6.45, 7) is 4.65. The minimum atomic E-state index is 0.436. The van der Waals surface area contributed by atoms with E-state index in [1.165, 1.54) is 21.6 Å². The second kappa shape index (κ2) is 6.75. The molecule has 1 aliphatic rings. The van der Waals surface area contributed by atoms with Crippen LogP contribution in [0.3, 0.4) is 0 Å². The van der Waals surface area contributed by atoms with E-state index >= 15 is 0 Å². The maximum atomic E-state index is 5.74. The van der Waals surface area contributed by atoms with Crippen LogP contribution in [0.4, 0.5) is 0 Å². The molecule has 3 nitrogen and oxygen atoms in total. The maximum Gasteiger partial charge on any atom is 0.123 e. The second-order valence-corrected chi connectivity index (χ2v) is 7.29. The number of thiazole rings is 1. The third-order valence-electron chi connectivity index (χ3n) is 4.34. The highest BCUT2D eigenvalue weighted by Gasteiger charge is 2.22. The molecular formula is C20H20N2OS. The SMILES string of the molecule is Cc1ccc(-c2ncc(CNCC3COc4ccccc43)s2)cc1. The number of hydrogen-bond donors (Lipinski definition) is 1. The van der Waals surface area contributed by atoms with Crippen molar-refractivity contribution in [3.63, 3.8) is 0 Å². The fraction of sp³-hybridized carbons (Fsp3) is 0.250. The van der Waals surface area contributed by atoms with Crippen LogP contribution in [-0.2, 0) is 6.54 Å². The molecule has 0 aliphatic carbocycles. The molecule has 0 saturated carbocycles. The highest BCUT2D eigenvalue weighted by molar-refractivity contribution is 7.15. The van der Waals surface area contributed by atoms with E-state index in [0.717, 1.165) is 30.5 Å². The average Bonchev–Trinajstić information content (AvgIpc) is 3.23. The number of benzene rings is 2. The Morgan fingerprint density at radius 2 is 2.00 bits per heavy atom. The molecule has 0 amide bonds. The quantitative estimate of drug-likeness (QED) is 0.750. The minimum absolute atomic E-state index is 0.436. The van der Waals surface area contributed by atoms with Crippen LogP contribution in [0.1, 0.15) is 21.9 Å². The monoisotopic (exact) mass is 336 g/mol. The lowest BCUT2D eigenvalue weighted by atomic mass is 10.0. The van der Waals surface area contributed by atoms with E-state index in [1.807, 2.05) is 18.3 Å². The van der Waals surface area contributed by atoms with Crippen molar-refractivity contribution in [2.75, 3.05) is 13.2 Å². The Morgan fingerprint density at radius 3 is 2.88 bits per heavy atom. The van der Waals surface area contributed by atoms with Gasteiger partial charge in [0.05, 0.1) is 6.61 Å². The summed E-state index contributed by atoms with van der Waals surface area (Å²) in [5, 5.41) is 4.63. The molecule has 0 bridgehead atoms. The van der Waals surface area contributed by atoms with Crippen molar-refractivity contribution in [2.45, 2.75) is 19.4 Å². The third-order valence-corrected chi connectivity index (χ3v) is 5.39. The van der Waals surface area contributed by atoms with Crippen LogP contribution in [0, 0.1) is 6.92 Å². The topological polar surface area (TPSA) is 34.2 Å². The first-order chi connectivity index (χ1) is 11.8. The molecule has 1 aromatic heterocycles. The van der Waals surface area contributed by atoms with Gasteiger partial charge in [0.2, 0.25) is 0 Å². The summed E-state index contributed by atoms with van der Waals surface area (Å²) in [4.78, 5) is 5.82. The number of aromatic nitrogens is 1. The number of aryl methyl sites for hydroxylation is 1. The lowest BCUT2D eigenvalue weighted by Crippen LogP contribution is -2.21. The predicted octanol–water partition coefficient (Wildman–Crippen LogP) is 4.38. The Morgan fingerprint density at radius 1 is 1.17 bits per heavy atom. The van der Waals surface area contributed by atoms with Gasteiger partial charge < -0.3 is 10.1 Å². The number of hydrogen-bond acceptors (Lipinski definition) is 4. The molecule has 4 rings (SSSR count). The number of fused-ring (bicyclic) bond motifs is 1. The normalized spacial score (nSPS) is 16.0. The van der Waals surface area contributed by atoms with Crippen LogP contribution < -0.4 is 10.1 Å². The van der Waals surface area contributed by atoms with E-state index in [0.29, 0.717) is 5.92 Å². The summed E-state index contributed by atoms with van der Waals surface area (Å²) in [7, 11) is 0. The predicted molar refractivity (Wildman–Crippen MR) is 98.7 cm³/mol. The summed E-state index contributed by atoms with van der Waals surface area (Å²) in [5.74, 6) is 1.47. The number of nitrogens with one attached hydrogen (secondary N) is 1. The van der Waals surface area contributed by atoms with Gasteiger partial charge in [-0.1, -0.05) is 48.0 Å². The van der Waals surface area contributed by atoms with Crippen molar-refractivity contribution >= 4 is 11.3 Å². The van der Waals surface area contributed by atoms with Crippen molar-refractivity contribution in [1.82, 2.24) is 10.3 Å². The number of nitrogens with zero attached hydrogens (tertiary/aromatic N) is 1. The summed E-state index contributed by atoms with van der Waals surface area (Å²) < 4.78 is 5.74. The number of ether oxygens (including phenoxy) is 1. The molecule has 122 valence electrons. The van der Waals surface area contributed by atoms with Gasteiger partial charge in [0.25, 0.3) is 0 Å². The van der Waals surface area contributed by atoms with Gasteiger partial charge >= 0.3 is 0 Å². The lowest BCUT2D eigenvalue weighted by Gasteiger charge is -2.09. The van der Waals surface area contributed by atoms with Crippen molar-refractivity contribution in [3.05, 3.63) is 70.7 Å². The van der Waals surface area contributed by atoms with E-state index < -0.39 is 0 Å². The fourth-order valence-electron chi connectivity index (χ4n) is 2.99. The zero-order valence-electron chi connectivity index (χ0n) is 13.7. The van der Waals surface area contributed by atoms with Crippen molar-refractivity contribution < 1.29 is 4.74 Å². The zero-order valence-corrected chi connectivity index (χ0v) is 14.5. The van der Waals surface area contributed by atoms with E-state index in [-0.39, 0.29) is 0 Å². The van der Waals surface area contributed by atoms with Crippen LogP contribution in [-0.4, -0.2) is 18.1 Å². The van der Waals surface area contributed by atoms with E-state index in [2.05, 4.69) is 53.6 Å². The lowest BCUT2D eigenvalue weighted by molar-refractivity contribution is 0.326. The summed E-state index contributed by atoms with van der Waals surface area (Å²) in [6.07, 6.45) is 1.98. The molecule has 24 heavy (non-hydrogen) atoms. The smallest absolute Gasteiger partial charge is 0.123 e. The molecule has 0 saturated heterocycles. The van der Waals surface area contributed by atoms with Crippen LogP contribution in [0.25, 0.3) is 10.6 Å². The van der Waals surface area contributed by atoms with Gasteiger partial charge in [-0.15, -0.1) is 11.3 Å². The van der Waals surface area contributed by atoms with Gasteiger partial charge in [-0.3, -0.25) is 0 Å². The standard InChI is InChI=1S/C20H20N2OS/c1-14-6-8-15(9-7-14)20-22-12-17(24-20)11-21-10-16-13-23-19-5-3-2-4-18(16)19/h2-9,12,16,21H,10-11,13H2,1H3. The van der Waals surface area contributed by atoms with Gasteiger partial charge in [-0.25, -0.2) is 4.98 Å².